The molecule has 1 fully saturated rings. The molecule has 0 radical (unpaired) electrons. The molecular weight excluding hydrogens is 308 g/mol. The molecule has 3 nitrogen and oxygen atoms in total. The van der Waals surface area contributed by atoms with Crippen molar-refractivity contribution in [3.8, 4) is 5.75 Å². The van der Waals surface area contributed by atoms with Gasteiger partial charge in [-0.3, -0.25) is 4.90 Å². The SMILES string of the molecule is CC.CC(C)N1CCc2ccc(OCCCN3CCCCC3)cc2C1. The standard InChI is InChI=1S/C20H32N2O.C2H6/c1-17(2)22-13-9-18-7-8-20(15-19(18)16-22)23-14-6-12-21-10-4-3-5-11-21;1-2/h7-8,15,17H,3-6,9-14,16H2,1-2H3;1-2H3. The van der Waals surface area contributed by atoms with Gasteiger partial charge in [0.25, 0.3) is 0 Å². The largest absolute Gasteiger partial charge is 0.494 e. The molecule has 142 valence electrons. The monoisotopic (exact) mass is 346 g/mol. The van der Waals surface area contributed by atoms with E-state index in [-0.39, 0.29) is 0 Å². The number of likely N-dealkylation sites (tertiary alicyclic amines) is 1. The molecule has 0 aromatic heterocycles. The van der Waals surface area contributed by atoms with Crippen molar-refractivity contribution in [2.24, 2.45) is 0 Å². The second kappa shape index (κ2) is 10.8. The van der Waals surface area contributed by atoms with Crippen LogP contribution in [0.25, 0.3) is 0 Å². The van der Waals surface area contributed by atoms with E-state index in [4.69, 9.17) is 4.74 Å². The van der Waals surface area contributed by atoms with E-state index >= 15 is 0 Å². The number of rotatable bonds is 6. The van der Waals surface area contributed by atoms with Crippen molar-refractivity contribution in [1.82, 2.24) is 9.80 Å². The number of fused-ring (bicyclic) bond motifs is 1. The molecule has 2 aliphatic rings. The van der Waals surface area contributed by atoms with Gasteiger partial charge in [0.1, 0.15) is 5.75 Å². The van der Waals surface area contributed by atoms with Crippen LogP contribution in [0.1, 0.15) is 64.5 Å². The van der Waals surface area contributed by atoms with Gasteiger partial charge >= 0.3 is 0 Å². The summed E-state index contributed by atoms with van der Waals surface area (Å²) in [5, 5.41) is 0. The Morgan fingerprint density at radius 1 is 1.00 bits per heavy atom. The molecule has 2 aliphatic heterocycles. The van der Waals surface area contributed by atoms with Gasteiger partial charge < -0.3 is 9.64 Å². The Morgan fingerprint density at radius 2 is 1.76 bits per heavy atom. The van der Waals surface area contributed by atoms with Crippen molar-refractivity contribution in [3.05, 3.63) is 29.3 Å². The number of piperidine rings is 1. The van der Waals surface area contributed by atoms with Crippen LogP contribution < -0.4 is 4.74 Å². The van der Waals surface area contributed by atoms with Gasteiger partial charge in [-0.05, 0) is 75.9 Å². The number of hydrogen-bond acceptors (Lipinski definition) is 3. The van der Waals surface area contributed by atoms with Crippen molar-refractivity contribution in [2.45, 2.75) is 72.4 Å². The minimum Gasteiger partial charge on any atom is -0.494 e. The summed E-state index contributed by atoms with van der Waals surface area (Å²) in [6.07, 6.45) is 6.46. The first-order chi connectivity index (χ1) is 12.2. The molecular formula is C22H38N2O. The molecule has 2 heterocycles. The molecule has 0 saturated carbocycles. The predicted octanol–water partition coefficient (Wildman–Crippen LogP) is 4.73. The molecule has 0 atom stereocenters. The summed E-state index contributed by atoms with van der Waals surface area (Å²) in [6, 6.07) is 7.32. The minimum absolute atomic E-state index is 0.622. The number of nitrogens with zero attached hydrogens (tertiary/aromatic N) is 2. The van der Waals surface area contributed by atoms with E-state index < -0.39 is 0 Å². The highest BCUT2D eigenvalue weighted by Gasteiger charge is 2.18. The van der Waals surface area contributed by atoms with E-state index in [9.17, 15) is 0 Å². The van der Waals surface area contributed by atoms with Crippen LogP contribution in [0, 0.1) is 0 Å². The summed E-state index contributed by atoms with van der Waals surface area (Å²) in [6.45, 7) is 15.4. The van der Waals surface area contributed by atoms with Gasteiger partial charge in [0, 0.05) is 25.7 Å². The lowest BCUT2D eigenvalue weighted by molar-refractivity contribution is 0.200. The number of benzene rings is 1. The van der Waals surface area contributed by atoms with Crippen LogP contribution in [-0.4, -0.2) is 48.6 Å². The van der Waals surface area contributed by atoms with Crippen molar-refractivity contribution in [1.29, 1.82) is 0 Å². The molecule has 0 aliphatic carbocycles. The van der Waals surface area contributed by atoms with Gasteiger partial charge in [-0.15, -0.1) is 0 Å². The Morgan fingerprint density at radius 3 is 2.48 bits per heavy atom. The third kappa shape index (κ3) is 6.31. The minimum atomic E-state index is 0.622. The summed E-state index contributed by atoms with van der Waals surface area (Å²) in [4.78, 5) is 5.13. The van der Waals surface area contributed by atoms with Crippen LogP contribution in [-0.2, 0) is 13.0 Å². The Bertz CT molecular complexity index is 495. The second-order valence-corrected chi connectivity index (χ2v) is 7.35. The van der Waals surface area contributed by atoms with Crippen LogP contribution in [0.5, 0.6) is 5.75 Å². The van der Waals surface area contributed by atoms with Gasteiger partial charge in [-0.1, -0.05) is 26.3 Å². The lowest BCUT2D eigenvalue weighted by Gasteiger charge is -2.32. The third-order valence-electron chi connectivity index (χ3n) is 5.29. The molecule has 25 heavy (non-hydrogen) atoms. The Kier molecular flexibility index (Phi) is 8.77. The van der Waals surface area contributed by atoms with Crippen molar-refractivity contribution in [3.63, 3.8) is 0 Å². The summed E-state index contributed by atoms with van der Waals surface area (Å²) in [5.41, 5.74) is 2.96. The van der Waals surface area contributed by atoms with Crippen molar-refractivity contribution >= 4 is 0 Å². The molecule has 0 N–H and O–H groups in total. The summed E-state index contributed by atoms with van der Waals surface area (Å²) < 4.78 is 6.01. The average Bonchev–Trinajstić information content (AvgIpc) is 2.67. The first-order valence-corrected chi connectivity index (χ1v) is 10.4. The summed E-state index contributed by atoms with van der Waals surface area (Å²) in [7, 11) is 0. The highest BCUT2D eigenvalue weighted by molar-refractivity contribution is 5.37. The summed E-state index contributed by atoms with van der Waals surface area (Å²) in [5.74, 6) is 1.05. The molecule has 1 saturated heterocycles. The van der Waals surface area contributed by atoms with Gasteiger partial charge in [-0.2, -0.15) is 0 Å². The maximum atomic E-state index is 6.01. The molecule has 1 aromatic carbocycles. The van der Waals surface area contributed by atoms with Crippen LogP contribution in [0.4, 0.5) is 0 Å². The van der Waals surface area contributed by atoms with E-state index in [0.717, 1.165) is 25.3 Å². The van der Waals surface area contributed by atoms with Crippen LogP contribution >= 0.6 is 0 Å². The zero-order chi connectivity index (χ0) is 18.1. The van der Waals surface area contributed by atoms with E-state index in [1.807, 2.05) is 13.8 Å². The highest BCUT2D eigenvalue weighted by atomic mass is 16.5. The normalized spacial score (nSPS) is 18.4. The zero-order valence-electron chi connectivity index (χ0n) is 16.9. The fourth-order valence-corrected chi connectivity index (χ4v) is 3.75. The van der Waals surface area contributed by atoms with E-state index in [0.29, 0.717) is 6.04 Å². The highest BCUT2D eigenvalue weighted by Crippen LogP contribution is 2.25. The molecule has 0 unspecified atom stereocenters. The zero-order valence-corrected chi connectivity index (χ0v) is 16.9. The first-order valence-electron chi connectivity index (χ1n) is 10.4. The smallest absolute Gasteiger partial charge is 0.119 e. The summed E-state index contributed by atoms with van der Waals surface area (Å²) >= 11 is 0. The quantitative estimate of drug-likeness (QED) is 0.692. The molecule has 3 rings (SSSR count). The molecule has 3 heteroatoms. The maximum Gasteiger partial charge on any atom is 0.119 e. The maximum absolute atomic E-state index is 6.01. The van der Waals surface area contributed by atoms with Gasteiger partial charge in [0.2, 0.25) is 0 Å². The van der Waals surface area contributed by atoms with Crippen LogP contribution in [0.15, 0.2) is 18.2 Å². The fourth-order valence-electron chi connectivity index (χ4n) is 3.75. The van der Waals surface area contributed by atoms with Crippen molar-refractivity contribution in [2.75, 3.05) is 32.8 Å². The lowest BCUT2D eigenvalue weighted by atomic mass is 9.98. The van der Waals surface area contributed by atoms with Crippen molar-refractivity contribution < 1.29 is 4.74 Å². The predicted molar refractivity (Wildman–Crippen MR) is 107 cm³/mol. The van der Waals surface area contributed by atoms with E-state index in [1.165, 1.54) is 63.0 Å². The second-order valence-electron chi connectivity index (χ2n) is 7.35. The fraction of sp³-hybridized carbons (Fsp3) is 0.727. The Hall–Kier alpha value is -1.06. The topological polar surface area (TPSA) is 15.7 Å². The lowest BCUT2D eigenvalue weighted by Crippen LogP contribution is -2.35. The van der Waals surface area contributed by atoms with E-state index in [2.05, 4.69) is 41.8 Å². The van der Waals surface area contributed by atoms with Gasteiger partial charge in [-0.25, -0.2) is 0 Å². The number of ether oxygens (including phenoxy) is 1. The average molecular weight is 347 g/mol. The third-order valence-corrected chi connectivity index (χ3v) is 5.29. The molecule has 0 bridgehead atoms. The Balaban J connectivity index is 0.00000109. The van der Waals surface area contributed by atoms with Crippen LogP contribution in [0.2, 0.25) is 0 Å². The molecule has 1 aromatic rings. The number of hydrogen-bond donors (Lipinski definition) is 0. The van der Waals surface area contributed by atoms with Gasteiger partial charge in [0.05, 0.1) is 6.61 Å². The van der Waals surface area contributed by atoms with E-state index in [1.54, 1.807) is 0 Å². The molecule has 0 spiro atoms. The Labute approximate surface area is 155 Å². The first kappa shape index (κ1) is 20.3. The molecule has 0 amide bonds. The van der Waals surface area contributed by atoms with Crippen LogP contribution in [0.3, 0.4) is 0 Å². The van der Waals surface area contributed by atoms with Gasteiger partial charge in [0.15, 0.2) is 0 Å².